The van der Waals surface area contributed by atoms with E-state index in [1.807, 2.05) is 0 Å². The second-order valence-electron chi connectivity index (χ2n) is 3.83. The van der Waals surface area contributed by atoms with Gasteiger partial charge in [0.1, 0.15) is 6.61 Å². The van der Waals surface area contributed by atoms with Crippen LogP contribution in [0, 0.1) is 11.6 Å². The van der Waals surface area contributed by atoms with E-state index < -0.39 is 17.6 Å². The quantitative estimate of drug-likeness (QED) is 0.864. The summed E-state index contributed by atoms with van der Waals surface area (Å²) in [6, 6.07) is 5.08. The Morgan fingerprint density at radius 3 is 2.70 bits per heavy atom. The largest absolute Gasteiger partial charge is 0.484 e. The first kappa shape index (κ1) is 14.4. The molecule has 20 heavy (non-hydrogen) atoms. The second-order valence-corrected chi connectivity index (χ2v) is 4.75. The summed E-state index contributed by atoms with van der Waals surface area (Å²) in [4.78, 5) is 14.5. The molecule has 4 nitrogen and oxygen atoms in total. The molecule has 0 saturated heterocycles. The highest BCUT2D eigenvalue weighted by Crippen LogP contribution is 2.25. The molecule has 0 bridgehead atoms. The number of hydrogen-bond acceptors (Lipinski definition) is 3. The highest BCUT2D eigenvalue weighted by Gasteiger charge is 2.12. The zero-order chi connectivity index (χ0) is 14.7. The second kappa shape index (κ2) is 5.96. The zero-order valence-electron chi connectivity index (χ0n) is 9.94. The fraction of sp³-hybridized carbons (Fsp3) is 0.0769. The lowest BCUT2D eigenvalue weighted by Crippen LogP contribution is -2.03. The van der Waals surface area contributed by atoms with E-state index in [9.17, 15) is 13.6 Å². The van der Waals surface area contributed by atoms with E-state index in [0.29, 0.717) is 10.2 Å². The third-order valence-corrected chi connectivity index (χ3v) is 2.86. The van der Waals surface area contributed by atoms with Crippen molar-refractivity contribution in [3.63, 3.8) is 0 Å². The van der Waals surface area contributed by atoms with E-state index in [2.05, 4.69) is 20.9 Å². The smallest absolute Gasteiger partial charge is 0.337 e. The Morgan fingerprint density at radius 1 is 1.35 bits per heavy atom. The minimum absolute atomic E-state index is 0.0356. The Morgan fingerprint density at radius 2 is 2.10 bits per heavy atom. The van der Waals surface area contributed by atoms with Gasteiger partial charge in [-0.3, -0.25) is 4.98 Å². The van der Waals surface area contributed by atoms with Crippen LogP contribution in [0.2, 0.25) is 0 Å². The maximum Gasteiger partial charge on any atom is 0.337 e. The molecule has 0 fully saturated rings. The predicted molar refractivity (Wildman–Crippen MR) is 69.6 cm³/mol. The maximum absolute atomic E-state index is 13.4. The molecule has 0 aliphatic carbocycles. The van der Waals surface area contributed by atoms with Gasteiger partial charge in [0, 0.05) is 10.7 Å². The van der Waals surface area contributed by atoms with Gasteiger partial charge < -0.3 is 9.84 Å². The summed E-state index contributed by atoms with van der Waals surface area (Å²) in [5.74, 6) is -3.45. The van der Waals surface area contributed by atoms with Gasteiger partial charge in [0.2, 0.25) is 5.82 Å². The molecule has 0 unspecified atom stereocenters. The first-order chi connectivity index (χ1) is 9.47. The van der Waals surface area contributed by atoms with Crippen molar-refractivity contribution in [3.8, 4) is 5.75 Å². The Kier molecular flexibility index (Phi) is 4.29. The summed E-state index contributed by atoms with van der Waals surface area (Å²) in [7, 11) is 0. The molecule has 1 heterocycles. The summed E-state index contributed by atoms with van der Waals surface area (Å²) >= 11 is 3.03. The van der Waals surface area contributed by atoms with Crippen LogP contribution in [0.3, 0.4) is 0 Å². The Balaban J connectivity index is 2.11. The molecular formula is C13H8BrF2NO3. The predicted octanol–water partition coefficient (Wildman–Crippen LogP) is 3.40. The molecule has 0 aliphatic heterocycles. The number of carboxylic acid groups (broad SMARTS) is 1. The number of pyridine rings is 1. The summed E-state index contributed by atoms with van der Waals surface area (Å²) in [6.07, 6.45) is 1.17. The molecule has 1 N–H and O–H groups in total. The lowest BCUT2D eigenvalue weighted by atomic mass is 10.2. The number of benzene rings is 1. The number of carboxylic acids is 1. The molecule has 0 saturated carbocycles. The molecule has 0 atom stereocenters. The van der Waals surface area contributed by atoms with Crippen LogP contribution in [0.5, 0.6) is 5.75 Å². The first-order valence-electron chi connectivity index (χ1n) is 5.43. The molecular weight excluding hydrogens is 336 g/mol. The molecule has 7 heteroatoms. The topological polar surface area (TPSA) is 59.4 Å². The average Bonchev–Trinajstić information content (AvgIpc) is 2.41. The lowest BCUT2D eigenvalue weighted by molar-refractivity contribution is 0.0696. The number of halogens is 3. The summed E-state index contributed by atoms with van der Waals surface area (Å²) < 4.78 is 32.1. The SMILES string of the molecule is O=C(O)c1ccc(COc2cc(Br)cc(F)c2F)nc1. The average molecular weight is 344 g/mol. The van der Waals surface area contributed by atoms with E-state index in [1.165, 1.54) is 24.4 Å². The highest BCUT2D eigenvalue weighted by molar-refractivity contribution is 9.10. The van der Waals surface area contributed by atoms with Crippen LogP contribution < -0.4 is 4.74 Å². The molecule has 0 radical (unpaired) electrons. The van der Waals surface area contributed by atoms with Crippen LogP contribution in [-0.2, 0) is 6.61 Å². The third-order valence-electron chi connectivity index (χ3n) is 2.41. The summed E-state index contributed by atoms with van der Waals surface area (Å²) in [5.41, 5.74) is 0.434. The standard InChI is InChI=1S/C13H8BrF2NO3/c14-8-3-10(15)12(16)11(4-8)20-6-9-2-1-7(5-17-9)13(18)19/h1-5H,6H2,(H,18,19). The van der Waals surface area contributed by atoms with Crippen molar-refractivity contribution in [2.75, 3.05) is 0 Å². The molecule has 0 amide bonds. The Bertz CT molecular complexity index is 647. The van der Waals surface area contributed by atoms with Gasteiger partial charge in [-0.05, 0) is 24.3 Å². The number of carbonyl (C=O) groups is 1. The number of rotatable bonds is 4. The van der Waals surface area contributed by atoms with Gasteiger partial charge in [0.05, 0.1) is 11.3 Å². The van der Waals surface area contributed by atoms with Crippen LogP contribution in [0.15, 0.2) is 34.9 Å². The van der Waals surface area contributed by atoms with Crippen molar-refractivity contribution >= 4 is 21.9 Å². The van der Waals surface area contributed by atoms with Crippen LogP contribution in [0.4, 0.5) is 8.78 Å². The van der Waals surface area contributed by atoms with Gasteiger partial charge in [0.25, 0.3) is 0 Å². The van der Waals surface area contributed by atoms with Gasteiger partial charge in [-0.25, -0.2) is 9.18 Å². The van der Waals surface area contributed by atoms with Crippen LogP contribution in [0.25, 0.3) is 0 Å². The van der Waals surface area contributed by atoms with Gasteiger partial charge in [-0.1, -0.05) is 15.9 Å². The maximum atomic E-state index is 13.4. The van der Waals surface area contributed by atoms with Gasteiger partial charge >= 0.3 is 5.97 Å². The summed E-state index contributed by atoms with van der Waals surface area (Å²) in [5, 5.41) is 8.71. The number of aromatic nitrogens is 1. The summed E-state index contributed by atoms with van der Waals surface area (Å²) in [6.45, 7) is -0.104. The van der Waals surface area contributed by atoms with Gasteiger partial charge in [-0.15, -0.1) is 0 Å². The number of ether oxygens (including phenoxy) is 1. The van der Waals surface area contributed by atoms with E-state index in [0.717, 1.165) is 6.07 Å². The van der Waals surface area contributed by atoms with Crippen molar-refractivity contribution in [2.24, 2.45) is 0 Å². The van der Waals surface area contributed by atoms with Gasteiger partial charge in [-0.2, -0.15) is 4.39 Å². The van der Waals surface area contributed by atoms with Crippen LogP contribution in [0.1, 0.15) is 16.1 Å². The Labute approximate surface area is 121 Å². The molecule has 104 valence electrons. The number of hydrogen-bond donors (Lipinski definition) is 1. The van der Waals surface area contributed by atoms with Crippen molar-refractivity contribution in [3.05, 3.63) is 57.8 Å². The first-order valence-corrected chi connectivity index (χ1v) is 6.22. The normalized spacial score (nSPS) is 10.3. The van der Waals surface area contributed by atoms with Crippen LogP contribution in [-0.4, -0.2) is 16.1 Å². The van der Waals surface area contributed by atoms with Crippen molar-refractivity contribution in [1.29, 1.82) is 0 Å². The molecule has 2 aromatic rings. The number of aromatic carboxylic acids is 1. The molecule has 1 aromatic carbocycles. The van der Waals surface area contributed by atoms with Crippen molar-refractivity contribution in [2.45, 2.75) is 6.61 Å². The molecule has 0 spiro atoms. The van der Waals surface area contributed by atoms with E-state index in [-0.39, 0.29) is 17.9 Å². The fourth-order valence-corrected chi connectivity index (χ4v) is 1.83. The van der Waals surface area contributed by atoms with Crippen molar-refractivity contribution in [1.82, 2.24) is 4.98 Å². The molecule has 2 rings (SSSR count). The van der Waals surface area contributed by atoms with E-state index >= 15 is 0 Å². The lowest BCUT2D eigenvalue weighted by Gasteiger charge is -2.08. The van der Waals surface area contributed by atoms with Crippen molar-refractivity contribution < 1.29 is 23.4 Å². The van der Waals surface area contributed by atoms with Gasteiger partial charge in [0.15, 0.2) is 11.6 Å². The van der Waals surface area contributed by atoms with E-state index in [4.69, 9.17) is 9.84 Å². The van der Waals surface area contributed by atoms with E-state index in [1.54, 1.807) is 0 Å². The highest BCUT2D eigenvalue weighted by atomic mass is 79.9. The minimum atomic E-state index is -1.09. The fourth-order valence-electron chi connectivity index (χ4n) is 1.43. The monoisotopic (exact) mass is 343 g/mol. The zero-order valence-corrected chi connectivity index (χ0v) is 11.5. The minimum Gasteiger partial charge on any atom is -0.484 e. The molecule has 0 aliphatic rings. The number of nitrogens with zero attached hydrogens (tertiary/aromatic N) is 1. The Hall–Kier alpha value is -2.02. The van der Waals surface area contributed by atoms with Crippen LogP contribution >= 0.6 is 15.9 Å². The molecule has 1 aromatic heterocycles. The third kappa shape index (κ3) is 3.30.